The first-order valence-corrected chi connectivity index (χ1v) is 6.34. The number of aromatic hydroxyl groups is 1. The average molecular weight is 262 g/mol. The van der Waals surface area contributed by atoms with E-state index in [-0.39, 0.29) is 17.2 Å². The van der Waals surface area contributed by atoms with Gasteiger partial charge in [-0.3, -0.25) is 10.1 Å². The van der Waals surface area contributed by atoms with Gasteiger partial charge < -0.3 is 5.11 Å². The number of nitrogens with one attached hydrogen (secondary N) is 1. The zero-order chi connectivity index (χ0) is 13.3. The van der Waals surface area contributed by atoms with Crippen LogP contribution in [-0.2, 0) is 0 Å². The van der Waals surface area contributed by atoms with E-state index in [0.29, 0.717) is 10.7 Å². The normalized spacial score (nSPS) is 10.4. The SMILES string of the molecule is Cc1cccc(C(=O)Nc2nc(C)c(C)s2)c1O. The zero-order valence-corrected chi connectivity index (χ0v) is 11.3. The van der Waals surface area contributed by atoms with Gasteiger partial charge in [-0.1, -0.05) is 12.1 Å². The second-order valence-electron chi connectivity index (χ2n) is 4.09. The summed E-state index contributed by atoms with van der Waals surface area (Å²) in [5.74, 6) is -0.329. The lowest BCUT2D eigenvalue weighted by atomic mass is 10.1. The van der Waals surface area contributed by atoms with E-state index in [0.717, 1.165) is 10.6 Å². The summed E-state index contributed by atoms with van der Waals surface area (Å²) in [6.07, 6.45) is 0. The average Bonchev–Trinajstić information content (AvgIpc) is 2.61. The summed E-state index contributed by atoms with van der Waals surface area (Å²) in [4.78, 5) is 17.3. The predicted octanol–water partition coefficient (Wildman–Crippen LogP) is 3.03. The van der Waals surface area contributed by atoms with Gasteiger partial charge >= 0.3 is 0 Å². The Bertz CT molecular complexity index is 586. The first kappa shape index (κ1) is 12.6. The van der Waals surface area contributed by atoms with E-state index < -0.39 is 0 Å². The number of phenols is 1. The van der Waals surface area contributed by atoms with Gasteiger partial charge in [0.2, 0.25) is 0 Å². The van der Waals surface area contributed by atoms with Crippen molar-refractivity contribution >= 4 is 22.4 Å². The number of carbonyl (C=O) groups is 1. The van der Waals surface area contributed by atoms with E-state index in [9.17, 15) is 9.90 Å². The maximum atomic E-state index is 12.0. The molecule has 0 aliphatic heterocycles. The highest BCUT2D eigenvalue weighted by atomic mass is 32.1. The van der Waals surface area contributed by atoms with Gasteiger partial charge in [0, 0.05) is 4.88 Å². The van der Waals surface area contributed by atoms with E-state index in [1.807, 2.05) is 13.8 Å². The zero-order valence-electron chi connectivity index (χ0n) is 10.4. The number of aromatic nitrogens is 1. The molecule has 1 heterocycles. The van der Waals surface area contributed by atoms with Crippen molar-refractivity contribution in [3.8, 4) is 5.75 Å². The van der Waals surface area contributed by atoms with Gasteiger partial charge in [-0.05, 0) is 32.4 Å². The Labute approximate surface area is 109 Å². The van der Waals surface area contributed by atoms with Gasteiger partial charge in [0.05, 0.1) is 11.3 Å². The summed E-state index contributed by atoms with van der Waals surface area (Å²) in [7, 11) is 0. The van der Waals surface area contributed by atoms with Crippen LogP contribution in [0.3, 0.4) is 0 Å². The molecule has 1 aromatic heterocycles. The molecule has 0 aliphatic carbocycles. The van der Waals surface area contributed by atoms with Crippen molar-refractivity contribution in [2.75, 3.05) is 5.32 Å². The van der Waals surface area contributed by atoms with Gasteiger partial charge in [-0.2, -0.15) is 0 Å². The largest absolute Gasteiger partial charge is 0.507 e. The molecular formula is C13H14N2O2S. The molecule has 0 bridgehead atoms. The molecule has 0 aliphatic rings. The molecule has 1 amide bonds. The van der Waals surface area contributed by atoms with Crippen molar-refractivity contribution in [2.45, 2.75) is 20.8 Å². The number of anilines is 1. The third-order valence-electron chi connectivity index (χ3n) is 2.73. The number of amides is 1. The Balaban J connectivity index is 2.24. The number of nitrogens with zero attached hydrogens (tertiary/aromatic N) is 1. The standard InChI is InChI=1S/C13H14N2O2S/c1-7-5-4-6-10(11(7)16)12(17)15-13-14-8(2)9(3)18-13/h4-6,16H,1-3H3,(H,14,15,17). The summed E-state index contributed by atoms with van der Waals surface area (Å²) in [5, 5.41) is 13.1. The van der Waals surface area contributed by atoms with Crippen LogP contribution in [0.25, 0.3) is 0 Å². The minimum atomic E-state index is -0.343. The number of hydrogen-bond donors (Lipinski definition) is 2. The Morgan fingerprint density at radius 2 is 2.06 bits per heavy atom. The number of thiazole rings is 1. The maximum absolute atomic E-state index is 12.0. The van der Waals surface area contributed by atoms with Crippen LogP contribution in [0.4, 0.5) is 5.13 Å². The van der Waals surface area contributed by atoms with Gasteiger partial charge in [-0.15, -0.1) is 11.3 Å². The van der Waals surface area contributed by atoms with Gasteiger partial charge in [0.25, 0.3) is 5.91 Å². The lowest BCUT2D eigenvalue weighted by Crippen LogP contribution is -2.12. The second kappa shape index (κ2) is 4.78. The summed E-state index contributed by atoms with van der Waals surface area (Å²) in [6.45, 7) is 5.60. The predicted molar refractivity (Wildman–Crippen MR) is 72.4 cm³/mol. The number of hydrogen-bond acceptors (Lipinski definition) is 4. The first-order chi connectivity index (χ1) is 8.49. The molecule has 0 saturated heterocycles. The maximum Gasteiger partial charge on any atom is 0.261 e. The van der Waals surface area contributed by atoms with Crippen molar-refractivity contribution in [2.24, 2.45) is 0 Å². The van der Waals surface area contributed by atoms with Gasteiger partial charge in [-0.25, -0.2) is 4.98 Å². The number of aryl methyl sites for hydroxylation is 3. The number of para-hydroxylation sites is 1. The van der Waals surface area contributed by atoms with Crippen LogP contribution in [0.5, 0.6) is 5.75 Å². The lowest BCUT2D eigenvalue weighted by Gasteiger charge is -2.06. The number of rotatable bonds is 2. The highest BCUT2D eigenvalue weighted by Crippen LogP contribution is 2.25. The highest BCUT2D eigenvalue weighted by Gasteiger charge is 2.14. The van der Waals surface area contributed by atoms with Crippen LogP contribution < -0.4 is 5.32 Å². The molecule has 0 spiro atoms. The monoisotopic (exact) mass is 262 g/mol. The summed E-state index contributed by atoms with van der Waals surface area (Å²) >= 11 is 1.42. The molecule has 4 nitrogen and oxygen atoms in total. The lowest BCUT2D eigenvalue weighted by molar-refractivity contribution is 0.102. The van der Waals surface area contributed by atoms with E-state index >= 15 is 0 Å². The molecule has 0 radical (unpaired) electrons. The third-order valence-corrected chi connectivity index (χ3v) is 3.72. The van der Waals surface area contributed by atoms with Crippen LogP contribution >= 0.6 is 11.3 Å². The molecule has 0 saturated carbocycles. The van der Waals surface area contributed by atoms with Gasteiger partial charge in [0.15, 0.2) is 5.13 Å². The fourth-order valence-corrected chi connectivity index (χ4v) is 2.34. The van der Waals surface area contributed by atoms with E-state index in [1.165, 1.54) is 11.3 Å². The Morgan fingerprint density at radius 3 is 2.67 bits per heavy atom. The van der Waals surface area contributed by atoms with Crippen LogP contribution in [0, 0.1) is 20.8 Å². The van der Waals surface area contributed by atoms with E-state index in [1.54, 1.807) is 25.1 Å². The molecule has 5 heteroatoms. The molecule has 0 unspecified atom stereocenters. The van der Waals surface area contributed by atoms with Crippen LogP contribution in [0.1, 0.15) is 26.5 Å². The molecule has 2 N–H and O–H groups in total. The highest BCUT2D eigenvalue weighted by molar-refractivity contribution is 7.15. The van der Waals surface area contributed by atoms with Crippen molar-refractivity contribution < 1.29 is 9.90 Å². The van der Waals surface area contributed by atoms with Crippen molar-refractivity contribution in [1.29, 1.82) is 0 Å². The molecule has 2 aromatic rings. The van der Waals surface area contributed by atoms with Crippen LogP contribution in [0.2, 0.25) is 0 Å². The topological polar surface area (TPSA) is 62.2 Å². The van der Waals surface area contributed by atoms with Gasteiger partial charge in [0.1, 0.15) is 5.75 Å². The molecule has 18 heavy (non-hydrogen) atoms. The molecule has 94 valence electrons. The Hall–Kier alpha value is -1.88. The molecule has 1 aromatic carbocycles. The smallest absolute Gasteiger partial charge is 0.261 e. The third kappa shape index (κ3) is 2.36. The van der Waals surface area contributed by atoms with Crippen LogP contribution in [-0.4, -0.2) is 16.0 Å². The quantitative estimate of drug-likeness (QED) is 0.874. The fraction of sp³-hybridized carbons (Fsp3) is 0.231. The summed E-state index contributed by atoms with van der Waals surface area (Å²) < 4.78 is 0. The van der Waals surface area contributed by atoms with Crippen LogP contribution in [0.15, 0.2) is 18.2 Å². The first-order valence-electron chi connectivity index (χ1n) is 5.53. The fourth-order valence-electron chi connectivity index (χ4n) is 1.53. The van der Waals surface area contributed by atoms with E-state index in [2.05, 4.69) is 10.3 Å². The Morgan fingerprint density at radius 1 is 1.33 bits per heavy atom. The number of carbonyl (C=O) groups excluding carboxylic acids is 1. The van der Waals surface area contributed by atoms with E-state index in [4.69, 9.17) is 0 Å². The number of benzene rings is 1. The molecule has 0 atom stereocenters. The molecular weight excluding hydrogens is 248 g/mol. The van der Waals surface area contributed by atoms with Crippen molar-refractivity contribution in [3.05, 3.63) is 39.9 Å². The second-order valence-corrected chi connectivity index (χ2v) is 5.29. The molecule has 0 fully saturated rings. The number of phenolic OH excluding ortho intramolecular Hbond substituents is 1. The minimum Gasteiger partial charge on any atom is -0.507 e. The Kier molecular flexibility index (Phi) is 3.34. The molecule has 2 rings (SSSR count). The summed E-state index contributed by atoms with van der Waals surface area (Å²) in [6, 6.07) is 5.08. The van der Waals surface area contributed by atoms with Crippen molar-refractivity contribution in [1.82, 2.24) is 4.98 Å². The van der Waals surface area contributed by atoms with Crippen molar-refractivity contribution in [3.63, 3.8) is 0 Å². The minimum absolute atomic E-state index is 0.0139. The summed E-state index contributed by atoms with van der Waals surface area (Å²) in [5.41, 5.74) is 1.85.